The summed E-state index contributed by atoms with van der Waals surface area (Å²) in [6, 6.07) is 2.16. The molecule has 0 aromatic carbocycles. The molecule has 0 aliphatic carbocycles. The lowest BCUT2D eigenvalue weighted by Gasteiger charge is -2.20. The Morgan fingerprint density at radius 1 is 1.19 bits per heavy atom. The lowest BCUT2D eigenvalue weighted by Crippen LogP contribution is -2.14. The van der Waals surface area contributed by atoms with Crippen LogP contribution in [0.2, 0.25) is 0 Å². The van der Waals surface area contributed by atoms with Crippen LogP contribution >= 0.6 is 0 Å². The van der Waals surface area contributed by atoms with Gasteiger partial charge in [0.25, 0.3) is 0 Å². The van der Waals surface area contributed by atoms with Crippen molar-refractivity contribution in [3.8, 4) is 0 Å². The quantitative estimate of drug-likeness (QED) is 0.734. The zero-order valence-corrected chi connectivity index (χ0v) is 10.7. The smallest absolute Gasteiger partial charge is 0.154 e. The van der Waals surface area contributed by atoms with Crippen LogP contribution < -0.4 is 0 Å². The minimum atomic E-state index is 0.134. The lowest BCUT2D eigenvalue weighted by molar-refractivity contribution is 0.570. The maximum atomic E-state index is 4.39. The molecule has 0 fully saturated rings. The number of aromatic nitrogens is 3. The van der Waals surface area contributed by atoms with Gasteiger partial charge in [-0.2, -0.15) is 5.10 Å². The van der Waals surface area contributed by atoms with E-state index in [-0.39, 0.29) is 5.41 Å². The second-order valence-corrected chi connectivity index (χ2v) is 5.56. The lowest BCUT2D eigenvalue weighted by atomic mass is 9.85. The van der Waals surface area contributed by atoms with E-state index < -0.39 is 0 Å². The fourth-order valence-electron chi connectivity index (χ4n) is 2.08. The van der Waals surface area contributed by atoms with Crippen molar-refractivity contribution in [3.63, 3.8) is 0 Å². The molecule has 0 amide bonds. The van der Waals surface area contributed by atoms with Crippen molar-refractivity contribution >= 4 is 5.65 Å². The molecule has 0 aliphatic rings. The van der Waals surface area contributed by atoms with Crippen LogP contribution in [0.25, 0.3) is 5.65 Å². The van der Waals surface area contributed by atoms with Gasteiger partial charge in [-0.05, 0) is 23.0 Å². The first-order chi connectivity index (χ1) is 7.41. The molecule has 0 aliphatic heterocycles. The predicted octanol–water partition coefficient (Wildman–Crippen LogP) is 3.15. The molecule has 0 spiro atoms. The van der Waals surface area contributed by atoms with Crippen LogP contribution in [0.1, 0.15) is 51.8 Å². The van der Waals surface area contributed by atoms with E-state index in [0.29, 0.717) is 5.92 Å². The molecule has 0 saturated carbocycles. The van der Waals surface area contributed by atoms with E-state index in [2.05, 4.69) is 50.8 Å². The second kappa shape index (κ2) is 3.58. The van der Waals surface area contributed by atoms with Gasteiger partial charge in [0.1, 0.15) is 0 Å². The number of hydrogen-bond acceptors (Lipinski definition) is 2. The van der Waals surface area contributed by atoms with Crippen molar-refractivity contribution in [3.05, 3.63) is 29.7 Å². The Balaban J connectivity index is 2.78. The third-order valence-corrected chi connectivity index (χ3v) is 2.81. The standard InChI is InChI=1S/C13H19N3/c1-9(2)12-10(13(3,4)5)8-11-14-6-7-15-16(11)12/h6-9H,1-5H3. The summed E-state index contributed by atoms with van der Waals surface area (Å²) in [6.07, 6.45) is 3.48. The molecule has 0 N–H and O–H groups in total. The Hall–Kier alpha value is -1.38. The highest BCUT2D eigenvalue weighted by Gasteiger charge is 2.24. The maximum Gasteiger partial charge on any atom is 0.154 e. The third kappa shape index (κ3) is 1.70. The summed E-state index contributed by atoms with van der Waals surface area (Å²) in [5.41, 5.74) is 3.69. The number of hydrogen-bond donors (Lipinski definition) is 0. The molecular weight excluding hydrogens is 198 g/mol. The minimum Gasteiger partial charge on any atom is -0.235 e. The van der Waals surface area contributed by atoms with Gasteiger partial charge in [-0.3, -0.25) is 0 Å². The monoisotopic (exact) mass is 217 g/mol. The average molecular weight is 217 g/mol. The van der Waals surface area contributed by atoms with Gasteiger partial charge in [0.2, 0.25) is 0 Å². The highest BCUT2D eigenvalue weighted by atomic mass is 15.2. The van der Waals surface area contributed by atoms with Gasteiger partial charge in [0, 0.05) is 6.20 Å². The van der Waals surface area contributed by atoms with E-state index in [1.807, 2.05) is 4.52 Å². The van der Waals surface area contributed by atoms with Crippen LogP contribution in [-0.4, -0.2) is 14.6 Å². The van der Waals surface area contributed by atoms with Crippen LogP contribution in [-0.2, 0) is 5.41 Å². The van der Waals surface area contributed by atoms with Crippen LogP contribution in [0.15, 0.2) is 18.5 Å². The van der Waals surface area contributed by atoms with Gasteiger partial charge in [-0.1, -0.05) is 34.6 Å². The first-order valence-electron chi connectivity index (χ1n) is 5.74. The molecule has 86 valence electrons. The van der Waals surface area contributed by atoms with Crippen molar-refractivity contribution in [1.29, 1.82) is 0 Å². The van der Waals surface area contributed by atoms with Gasteiger partial charge in [0.05, 0.1) is 11.9 Å². The molecule has 2 rings (SSSR count). The molecule has 3 nitrogen and oxygen atoms in total. The van der Waals surface area contributed by atoms with E-state index in [4.69, 9.17) is 0 Å². The van der Waals surface area contributed by atoms with Gasteiger partial charge in [-0.15, -0.1) is 0 Å². The summed E-state index contributed by atoms with van der Waals surface area (Å²) in [7, 11) is 0. The fourth-order valence-corrected chi connectivity index (χ4v) is 2.08. The Labute approximate surface area is 96.5 Å². The zero-order valence-electron chi connectivity index (χ0n) is 10.7. The molecule has 2 aromatic heterocycles. The summed E-state index contributed by atoms with van der Waals surface area (Å²) in [5.74, 6) is 0.452. The fraction of sp³-hybridized carbons (Fsp3) is 0.538. The molecule has 3 heteroatoms. The number of rotatable bonds is 1. The van der Waals surface area contributed by atoms with E-state index in [1.165, 1.54) is 11.3 Å². The van der Waals surface area contributed by atoms with E-state index in [9.17, 15) is 0 Å². The normalized spacial score (nSPS) is 12.6. The highest BCUT2D eigenvalue weighted by molar-refractivity contribution is 5.49. The van der Waals surface area contributed by atoms with Crippen molar-refractivity contribution in [2.24, 2.45) is 0 Å². The molecule has 0 atom stereocenters. The van der Waals surface area contributed by atoms with Gasteiger partial charge < -0.3 is 0 Å². The van der Waals surface area contributed by atoms with Crippen LogP contribution in [0.3, 0.4) is 0 Å². The summed E-state index contributed by atoms with van der Waals surface area (Å²) in [5, 5.41) is 4.39. The Morgan fingerprint density at radius 2 is 1.88 bits per heavy atom. The van der Waals surface area contributed by atoms with Gasteiger partial charge in [-0.25, -0.2) is 9.50 Å². The van der Waals surface area contributed by atoms with E-state index >= 15 is 0 Å². The molecule has 2 heterocycles. The van der Waals surface area contributed by atoms with Gasteiger partial charge >= 0.3 is 0 Å². The second-order valence-electron chi connectivity index (χ2n) is 5.56. The Bertz CT molecular complexity index is 503. The number of fused-ring (bicyclic) bond motifs is 1. The maximum absolute atomic E-state index is 4.39. The van der Waals surface area contributed by atoms with Crippen LogP contribution in [0.5, 0.6) is 0 Å². The summed E-state index contributed by atoms with van der Waals surface area (Å²) >= 11 is 0. The van der Waals surface area contributed by atoms with Gasteiger partial charge in [0.15, 0.2) is 5.65 Å². The minimum absolute atomic E-state index is 0.134. The summed E-state index contributed by atoms with van der Waals surface area (Å²) in [4.78, 5) is 4.36. The Morgan fingerprint density at radius 3 is 2.44 bits per heavy atom. The largest absolute Gasteiger partial charge is 0.235 e. The first kappa shape index (κ1) is 11.1. The molecule has 0 unspecified atom stereocenters. The summed E-state index contributed by atoms with van der Waals surface area (Å²) in [6.45, 7) is 11.1. The molecule has 16 heavy (non-hydrogen) atoms. The highest BCUT2D eigenvalue weighted by Crippen LogP contribution is 2.32. The van der Waals surface area contributed by atoms with Crippen molar-refractivity contribution in [2.45, 2.75) is 46.0 Å². The van der Waals surface area contributed by atoms with Crippen LogP contribution in [0.4, 0.5) is 0 Å². The van der Waals surface area contributed by atoms with Crippen molar-refractivity contribution in [1.82, 2.24) is 14.6 Å². The van der Waals surface area contributed by atoms with Crippen molar-refractivity contribution < 1.29 is 0 Å². The predicted molar refractivity (Wildman–Crippen MR) is 65.8 cm³/mol. The SMILES string of the molecule is CC(C)c1c(C(C)(C)C)cc2nccnn12. The molecule has 2 aromatic rings. The number of nitrogens with zero attached hydrogens (tertiary/aromatic N) is 3. The zero-order chi connectivity index (χ0) is 11.9. The van der Waals surface area contributed by atoms with Crippen LogP contribution in [0, 0.1) is 0 Å². The summed E-state index contributed by atoms with van der Waals surface area (Å²) < 4.78 is 1.96. The van der Waals surface area contributed by atoms with Crippen molar-refractivity contribution in [2.75, 3.05) is 0 Å². The molecule has 0 saturated heterocycles. The third-order valence-electron chi connectivity index (χ3n) is 2.81. The van der Waals surface area contributed by atoms with E-state index in [0.717, 1.165) is 5.65 Å². The molecule has 0 radical (unpaired) electrons. The Kier molecular flexibility index (Phi) is 2.49. The molecule has 0 bridgehead atoms. The van der Waals surface area contributed by atoms with E-state index in [1.54, 1.807) is 12.4 Å². The topological polar surface area (TPSA) is 30.2 Å². The average Bonchev–Trinajstić information content (AvgIpc) is 2.55. The first-order valence-corrected chi connectivity index (χ1v) is 5.74. The molecular formula is C13H19N3.